The molecule has 0 amide bonds. The van der Waals surface area contributed by atoms with Crippen LogP contribution in [0.5, 0.6) is 5.75 Å². The Labute approximate surface area is 126 Å². The van der Waals surface area contributed by atoms with Gasteiger partial charge in [-0.05, 0) is 36.1 Å². The molecular formula is C20H22O. The second kappa shape index (κ2) is 5.40. The summed E-state index contributed by atoms with van der Waals surface area (Å²) in [4.78, 5) is 0. The third-order valence-corrected chi connectivity index (χ3v) is 3.85. The molecule has 0 N–H and O–H groups in total. The zero-order chi connectivity index (χ0) is 15.0. The second-order valence-corrected chi connectivity index (χ2v) is 6.16. The maximum atomic E-state index is 6.18. The highest BCUT2D eigenvalue weighted by atomic mass is 16.5. The van der Waals surface area contributed by atoms with Crippen LogP contribution in [0.1, 0.15) is 39.2 Å². The Kier molecular flexibility index (Phi) is 3.59. The lowest BCUT2D eigenvalue weighted by atomic mass is 9.89. The van der Waals surface area contributed by atoms with Gasteiger partial charge in [0.25, 0.3) is 0 Å². The van der Waals surface area contributed by atoms with Crippen molar-refractivity contribution in [2.24, 2.45) is 0 Å². The second-order valence-electron chi connectivity index (χ2n) is 6.16. The van der Waals surface area contributed by atoms with Gasteiger partial charge in [0.1, 0.15) is 5.75 Å². The fourth-order valence-electron chi connectivity index (χ4n) is 3.11. The number of benzene rings is 3. The molecule has 0 aliphatic rings. The molecule has 0 aliphatic heterocycles. The maximum Gasteiger partial charge on any atom is 0.135 e. The molecular weight excluding hydrogens is 256 g/mol. The zero-order valence-corrected chi connectivity index (χ0v) is 13.2. The molecule has 0 atom stereocenters. The number of ether oxygens (including phenoxy) is 1. The van der Waals surface area contributed by atoms with Gasteiger partial charge in [-0.25, -0.2) is 0 Å². The van der Waals surface area contributed by atoms with Gasteiger partial charge >= 0.3 is 0 Å². The first-order valence-electron chi connectivity index (χ1n) is 7.69. The van der Waals surface area contributed by atoms with E-state index >= 15 is 0 Å². The molecule has 0 radical (unpaired) electrons. The van der Waals surface area contributed by atoms with Crippen LogP contribution in [-0.4, -0.2) is 6.10 Å². The van der Waals surface area contributed by atoms with E-state index in [1.54, 1.807) is 0 Å². The van der Waals surface area contributed by atoms with Crippen LogP contribution in [0.25, 0.3) is 21.5 Å². The van der Waals surface area contributed by atoms with Crippen molar-refractivity contribution in [3.05, 3.63) is 54.1 Å². The van der Waals surface area contributed by atoms with Crippen molar-refractivity contribution in [1.29, 1.82) is 0 Å². The molecule has 0 unspecified atom stereocenters. The largest absolute Gasteiger partial charge is 0.490 e. The summed E-state index contributed by atoms with van der Waals surface area (Å²) in [5.41, 5.74) is 1.41. The van der Waals surface area contributed by atoms with E-state index < -0.39 is 0 Å². The van der Waals surface area contributed by atoms with Crippen LogP contribution in [0.15, 0.2) is 48.5 Å². The van der Waals surface area contributed by atoms with E-state index in [2.05, 4.69) is 76.2 Å². The summed E-state index contributed by atoms with van der Waals surface area (Å²) >= 11 is 0. The molecule has 21 heavy (non-hydrogen) atoms. The molecule has 1 nitrogen and oxygen atoms in total. The molecule has 3 aromatic rings. The van der Waals surface area contributed by atoms with E-state index in [9.17, 15) is 0 Å². The van der Waals surface area contributed by atoms with E-state index in [1.807, 2.05) is 0 Å². The molecule has 108 valence electrons. The highest BCUT2D eigenvalue weighted by Crippen LogP contribution is 2.41. The summed E-state index contributed by atoms with van der Waals surface area (Å²) in [7, 11) is 0. The fraction of sp³-hybridized carbons (Fsp3) is 0.300. The molecule has 0 saturated carbocycles. The zero-order valence-electron chi connectivity index (χ0n) is 13.2. The van der Waals surface area contributed by atoms with Crippen molar-refractivity contribution in [1.82, 2.24) is 0 Å². The molecule has 0 bridgehead atoms. The Morgan fingerprint density at radius 1 is 0.667 bits per heavy atom. The lowest BCUT2D eigenvalue weighted by Gasteiger charge is -2.20. The van der Waals surface area contributed by atoms with Gasteiger partial charge in [0, 0.05) is 10.8 Å². The average Bonchev–Trinajstić information content (AvgIpc) is 2.46. The molecule has 0 aliphatic carbocycles. The van der Waals surface area contributed by atoms with E-state index in [0.717, 1.165) is 5.75 Å². The van der Waals surface area contributed by atoms with Gasteiger partial charge in [-0.1, -0.05) is 62.4 Å². The quantitative estimate of drug-likeness (QED) is 0.542. The minimum atomic E-state index is 0.168. The number of hydrogen-bond acceptors (Lipinski definition) is 1. The van der Waals surface area contributed by atoms with Crippen LogP contribution >= 0.6 is 0 Å². The highest BCUT2D eigenvalue weighted by molar-refractivity contribution is 6.08. The van der Waals surface area contributed by atoms with Gasteiger partial charge in [0.2, 0.25) is 0 Å². The summed E-state index contributed by atoms with van der Waals surface area (Å²) in [6, 6.07) is 17.2. The third-order valence-electron chi connectivity index (χ3n) is 3.85. The van der Waals surface area contributed by atoms with Crippen LogP contribution in [0, 0.1) is 0 Å². The van der Waals surface area contributed by atoms with E-state index in [1.165, 1.54) is 27.1 Å². The van der Waals surface area contributed by atoms with Gasteiger partial charge in [-0.2, -0.15) is 0 Å². The molecule has 0 spiro atoms. The van der Waals surface area contributed by atoms with Crippen LogP contribution in [-0.2, 0) is 0 Å². The Morgan fingerprint density at radius 2 is 1.10 bits per heavy atom. The molecule has 0 fully saturated rings. The van der Waals surface area contributed by atoms with Gasteiger partial charge in [-0.15, -0.1) is 0 Å². The van der Waals surface area contributed by atoms with Crippen LogP contribution in [0.2, 0.25) is 0 Å². The van der Waals surface area contributed by atoms with Crippen molar-refractivity contribution >= 4 is 21.5 Å². The topological polar surface area (TPSA) is 9.23 Å². The lowest BCUT2D eigenvalue weighted by Crippen LogP contribution is -2.07. The molecule has 3 aromatic carbocycles. The van der Waals surface area contributed by atoms with Crippen molar-refractivity contribution in [2.45, 2.75) is 39.7 Å². The average molecular weight is 278 g/mol. The van der Waals surface area contributed by atoms with E-state index in [0.29, 0.717) is 5.92 Å². The minimum Gasteiger partial charge on any atom is -0.490 e. The number of hydrogen-bond donors (Lipinski definition) is 0. The Hall–Kier alpha value is -2.02. The van der Waals surface area contributed by atoms with E-state index in [-0.39, 0.29) is 6.10 Å². The van der Waals surface area contributed by atoms with Crippen molar-refractivity contribution in [3.8, 4) is 5.75 Å². The smallest absolute Gasteiger partial charge is 0.135 e. The highest BCUT2D eigenvalue weighted by Gasteiger charge is 2.16. The monoisotopic (exact) mass is 278 g/mol. The van der Waals surface area contributed by atoms with E-state index in [4.69, 9.17) is 4.74 Å². The molecule has 1 heteroatoms. The minimum absolute atomic E-state index is 0.168. The summed E-state index contributed by atoms with van der Waals surface area (Å²) in [6.07, 6.45) is 0.168. The normalized spacial score (nSPS) is 11.7. The van der Waals surface area contributed by atoms with Crippen LogP contribution < -0.4 is 4.74 Å². The number of fused-ring (bicyclic) bond motifs is 2. The summed E-state index contributed by atoms with van der Waals surface area (Å²) < 4.78 is 6.18. The standard InChI is InChI=1S/C20H22O/c1-13(2)19-15-9-5-7-11-17(15)20(21-14(3)4)18-12-8-6-10-16(18)19/h5-14H,1-4H3. The summed E-state index contributed by atoms with van der Waals surface area (Å²) in [5.74, 6) is 1.49. The molecule has 0 aromatic heterocycles. The first-order valence-corrected chi connectivity index (χ1v) is 7.69. The summed E-state index contributed by atoms with van der Waals surface area (Å²) in [5, 5.41) is 5.05. The molecule has 0 heterocycles. The van der Waals surface area contributed by atoms with Gasteiger partial charge in [-0.3, -0.25) is 0 Å². The van der Waals surface area contributed by atoms with Gasteiger partial charge in [0.05, 0.1) is 6.10 Å². The third kappa shape index (κ3) is 2.37. The first kappa shape index (κ1) is 13.9. The maximum absolute atomic E-state index is 6.18. The van der Waals surface area contributed by atoms with Crippen LogP contribution in [0.4, 0.5) is 0 Å². The Balaban J connectivity index is 2.51. The van der Waals surface area contributed by atoms with Crippen LogP contribution in [0.3, 0.4) is 0 Å². The fourth-order valence-corrected chi connectivity index (χ4v) is 3.11. The lowest BCUT2D eigenvalue weighted by molar-refractivity contribution is 0.248. The Bertz CT molecular complexity index is 727. The SMILES string of the molecule is CC(C)Oc1c2ccccc2c(C(C)C)c2ccccc12. The molecule has 3 rings (SSSR count). The predicted octanol–water partition coefficient (Wildman–Crippen LogP) is 5.90. The Morgan fingerprint density at radius 3 is 1.48 bits per heavy atom. The van der Waals surface area contributed by atoms with Gasteiger partial charge in [0.15, 0.2) is 0 Å². The first-order chi connectivity index (χ1) is 10.1. The molecule has 0 saturated heterocycles. The summed E-state index contributed by atoms with van der Waals surface area (Å²) in [6.45, 7) is 8.69. The van der Waals surface area contributed by atoms with Crippen molar-refractivity contribution in [2.75, 3.05) is 0 Å². The van der Waals surface area contributed by atoms with Crippen molar-refractivity contribution in [3.63, 3.8) is 0 Å². The van der Waals surface area contributed by atoms with Gasteiger partial charge < -0.3 is 4.74 Å². The number of rotatable bonds is 3. The predicted molar refractivity (Wildman–Crippen MR) is 91.3 cm³/mol. The van der Waals surface area contributed by atoms with Crippen molar-refractivity contribution < 1.29 is 4.74 Å².